The number of pyridine rings is 1. The molecule has 1 heterocycles. The zero-order valence-corrected chi connectivity index (χ0v) is 8.80. The first-order valence-corrected chi connectivity index (χ1v) is 4.55. The van der Waals surface area contributed by atoms with Gasteiger partial charge in [-0.3, -0.25) is 4.79 Å². The summed E-state index contributed by atoms with van der Waals surface area (Å²) < 4.78 is 4.91. The summed E-state index contributed by atoms with van der Waals surface area (Å²) in [5, 5.41) is 8.70. The number of aliphatic hydroxyl groups excluding tert-OH is 1. The van der Waals surface area contributed by atoms with Gasteiger partial charge in [0.05, 0.1) is 13.7 Å². The van der Waals surface area contributed by atoms with Crippen LogP contribution in [0, 0.1) is 0 Å². The standard InChI is InChI=1S/C10H14N2O3/c1-12(5-6-13)10(14)8-3-4-11-9(7-8)15-2/h3-4,7,13H,5-6H2,1-2H3. The molecule has 0 unspecified atom stereocenters. The molecule has 5 heteroatoms. The van der Waals surface area contributed by atoms with Gasteiger partial charge in [0.2, 0.25) is 5.88 Å². The van der Waals surface area contributed by atoms with E-state index in [1.165, 1.54) is 18.2 Å². The molecule has 1 N–H and O–H groups in total. The fraction of sp³-hybridized carbons (Fsp3) is 0.400. The molecule has 1 aromatic rings. The zero-order chi connectivity index (χ0) is 11.3. The Morgan fingerprint density at radius 2 is 2.40 bits per heavy atom. The molecule has 0 aromatic carbocycles. The number of methoxy groups -OCH3 is 1. The largest absolute Gasteiger partial charge is 0.481 e. The third-order valence-electron chi connectivity index (χ3n) is 1.97. The summed E-state index contributed by atoms with van der Waals surface area (Å²) >= 11 is 0. The normalized spacial score (nSPS) is 9.80. The van der Waals surface area contributed by atoms with Gasteiger partial charge >= 0.3 is 0 Å². The lowest BCUT2D eigenvalue weighted by atomic mass is 10.2. The van der Waals surface area contributed by atoms with E-state index in [2.05, 4.69) is 4.98 Å². The van der Waals surface area contributed by atoms with Crippen LogP contribution in [0.1, 0.15) is 10.4 Å². The van der Waals surface area contributed by atoms with Crippen molar-refractivity contribution in [1.29, 1.82) is 0 Å². The van der Waals surface area contributed by atoms with Gasteiger partial charge in [0.25, 0.3) is 5.91 Å². The number of hydrogen-bond donors (Lipinski definition) is 1. The summed E-state index contributed by atoms with van der Waals surface area (Å²) in [6.07, 6.45) is 1.51. The summed E-state index contributed by atoms with van der Waals surface area (Å²) in [6, 6.07) is 3.18. The maximum Gasteiger partial charge on any atom is 0.253 e. The Bertz CT molecular complexity index is 341. The molecule has 0 aliphatic heterocycles. The Morgan fingerprint density at radius 1 is 1.67 bits per heavy atom. The van der Waals surface area contributed by atoms with Crippen molar-refractivity contribution in [3.8, 4) is 5.88 Å². The van der Waals surface area contributed by atoms with E-state index < -0.39 is 0 Å². The maximum atomic E-state index is 11.7. The van der Waals surface area contributed by atoms with Crippen molar-refractivity contribution in [1.82, 2.24) is 9.88 Å². The summed E-state index contributed by atoms with van der Waals surface area (Å²) in [5.41, 5.74) is 0.498. The molecule has 0 radical (unpaired) electrons. The number of aliphatic hydroxyl groups is 1. The molecule has 0 fully saturated rings. The van der Waals surface area contributed by atoms with Crippen LogP contribution in [-0.2, 0) is 0 Å². The van der Waals surface area contributed by atoms with Crippen molar-refractivity contribution in [2.24, 2.45) is 0 Å². The van der Waals surface area contributed by atoms with E-state index in [9.17, 15) is 4.79 Å². The number of nitrogens with zero attached hydrogens (tertiary/aromatic N) is 2. The molecule has 5 nitrogen and oxygen atoms in total. The minimum Gasteiger partial charge on any atom is -0.481 e. The van der Waals surface area contributed by atoms with Gasteiger partial charge in [-0.15, -0.1) is 0 Å². The third kappa shape index (κ3) is 2.92. The number of rotatable bonds is 4. The highest BCUT2D eigenvalue weighted by atomic mass is 16.5. The van der Waals surface area contributed by atoms with Gasteiger partial charge in [-0.2, -0.15) is 0 Å². The number of carbonyl (C=O) groups is 1. The molecule has 0 bridgehead atoms. The minimum atomic E-state index is -0.162. The first kappa shape index (κ1) is 11.5. The Labute approximate surface area is 88.3 Å². The van der Waals surface area contributed by atoms with Gasteiger partial charge in [-0.25, -0.2) is 4.98 Å². The lowest BCUT2D eigenvalue weighted by Crippen LogP contribution is -2.29. The topological polar surface area (TPSA) is 62.7 Å². The fourth-order valence-electron chi connectivity index (χ4n) is 1.13. The average molecular weight is 210 g/mol. The Kier molecular flexibility index (Phi) is 4.05. The molecule has 1 amide bonds. The molecule has 0 saturated carbocycles. The monoisotopic (exact) mass is 210 g/mol. The quantitative estimate of drug-likeness (QED) is 0.768. The number of ether oxygens (including phenoxy) is 1. The molecule has 0 aliphatic rings. The van der Waals surface area contributed by atoms with Crippen LogP contribution in [0.3, 0.4) is 0 Å². The molecule has 0 atom stereocenters. The number of aromatic nitrogens is 1. The van der Waals surface area contributed by atoms with Gasteiger partial charge in [-0.1, -0.05) is 0 Å². The van der Waals surface area contributed by atoms with Crippen LogP contribution in [0.4, 0.5) is 0 Å². The van der Waals surface area contributed by atoms with Gasteiger partial charge in [0, 0.05) is 31.4 Å². The van der Waals surface area contributed by atoms with Crippen LogP contribution in [0.5, 0.6) is 5.88 Å². The van der Waals surface area contributed by atoms with Crippen molar-refractivity contribution in [3.05, 3.63) is 23.9 Å². The molecule has 0 spiro atoms. The maximum absolute atomic E-state index is 11.7. The Balaban J connectivity index is 2.81. The van der Waals surface area contributed by atoms with Crippen molar-refractivity contribution in [2.45, 2.75) is 0 Å². The van der Waals surface area contributed by atoms with E-state index in [-0.39, 0.29) is 12.5 Å². The van der Waals surface area contributed by atoms with Gasteiger partial charge in [0.15, 0.2) is 0 Å². The van der Waals surface area contributed by atoms with E-state index >= 15 is 0 Å². The molecule has 0 aliphatic carbocycles. The average Bonchev–Trinajstić information content (AvgIpc) is 2.28. The molecule has 0 saturated heterocycles. The predicted octanol–water partition coefficient (Wildman–Crippen LogP) is 0.154. The summed E-state index contributed by atoms with van der Waals surface area (Å²) in [4.78, 5) is 17.1. The van der Waals surface area contributed by atoms with Crippen LogP contribution < -0.4 is 4.74 Å². The van der Waals surface area contributed by atoms with E-state index in [1.807, 2.05) is 0 Å². The lowest BCUT2D eigenvalue weighted by molar-refractivity contribution is 0.0766. The summed E-state index contributed by atoms with van der Waals surface area (Å²) in [6.45, 7) is 0.258. The lowest BCUT2D eigenvalue weighted by Gasteiger charge is -2.15. The Hall–Kier alpha value is -1.62. The second kappa shape index (κ2) is 5.31. The molecule has 1 aromatic heterocycles. The van der Waals surface area contributed by atoms with Crippen LogP contribution >= 0.6 is 0 Å². The van der Waals surface area contributed by atoms with Crippen LogP contribution in [0.15, 0.2) is 18.3 Å². The summed E-state index contributed by atoms with van der Waals surface area (Å²) in [5.74, 6) is 0.239. The number of amides is 1. The van der Waals surface area contributed by atoms with Crippen molar-refractivity contribution in [3.63, 3.8) is 0 Å². The highest BCUT2D eigenvalue weighted by Gasteiger charge is 2.11. The highest BCUT2D eigenvalue weighted by Crippen LogP contribution is 2.10. The molecule has 1 rings (SSSR count). The van der Waals surface area contributed by atoms with Crippen LogP contribution in [-0.4, -0.2) is 48.2 Å². The third-order valence-corrected chi connectivity index (χ3v) is 1.97. The van der Waals surface area contributed by atoms with Gasteiger partial charge in [0.1, 0.15) is 0 Å². The van der Waals surface area contributed by atoms with E-state index in [0.29, 0.717) is 18.0 Å². The van der Waals surface area contributed by atoms with Gasteiger partial charge < -0.3 is 14.7 Å². The van der Waals surface area contributed by atoms with Crippen molar-refractivity contribution < 1.29 is 14.6 Å². The SMILES string of the molecule is COc1cc(C(=O)N(C)CCO)ccn1. The number of likely N-dealkylation sites (N-methyl/N-ethyl adjacent to an activating group) is 1. The second-order valence-corrected chi connectivity index (χ2v) is 3.04. The van der Waals surface area contributed by atoms with Crippen molar-refractivity contribution in [2.75, 3.05) is 27.3 Å². The van der Waals surface area contributed by atoms with E-state index in [1.54, 1.807) is 19.2 Å². The molecular weight excluding hydrogens is 196 g/mol. The number of carbonyl (C=O) groups excluding carboxylic acids is 1. The minimum absolute atomic E-state index is 0.0511. The zero-order valence-electron chi connectivity index (χ0n) is 8.80. The number of hydrogen-bond acceptors (Lipinski definition) is 4. The van der Waals surface area contributed by atoms with Gasteiger partial charge in [-0.05, 0) is 6.07 Å². The first-order chi connectivity index (χ1) is 7.19. The fourth-order valence-corrected chi connectivity index (χ4v) is 1.13. The summed E-state index contributed by atoms with van der Waals surface area (Å²) in [7, 11) is 3.12. The highest BCUT2D eigenvalue weighted by molar-refractivity contribution is 5.94. The first-order valence-electron chi connectivity index (χ1n) is 4.55. The van der Waals surface area contributed by atoms with Crippen molar-refractivity contribution >= 4 is 5.91 Å². The van der Waals surface area contributed by atoms with E-state index in [4.69, 9.17) is 9.84 Å². The molecular formula is C10H14N2O3. The predicted molar refractivity (Wildman–Crippen MR) is 54.8 cm³/mol. The van der Waals surface area contributed by atoms with E-state index in [0.717, 1.165) is 0 Å². The molecule has 82 valence electrons. The Morgan fingerprint density at radius 3 is 3.00 bits per heavy atom. The smallest absolute Gasteiger partial charge is 0.253 e. The molecule has 15 heavy (non-hydrogen) atoms. The van der Waals surface area contributed by atoms with Crippen LogP contribution in [0.2, 0.25) is 0 Å². The second-order valence-electron chi connectivity index (χ2n) is 3.04. The van der Waals surface area contributed by atoms with Crippen LogP contribution in [0.25, 0.3) is 0 Å².